The van der Waals surface area contributed by atoms with Gasteiger partial charge >= 0.3 is 0 Å². The van der Waals surface area contributed by atoms with Crippen molar-refractivity contribution in [2.75, 3.05) is 31.2 Å². The number of rotatable bonds is 5. The SMILES string of the molecule is Cc1cc([C@H]2[C@@H](c3ccccn3)NC(=S)N2C2CCCCC2)c(C)n1-c1ccc(N2CCOCC2)cc1. The Morgan fingerprint density at radius 1 is 0.946 bits per heavy atom. The summed E-state index contributed by atoms with van der Waals surface area (Å²) in [5.74, 6) is 0. The van der Waals surface area contributed by atoms with Crippen LogP contribution in [0.3, 0.4) is 0 Å². The number of morpholine rings is 1. The van der Waals surface area contributed by atoms with Gasteiger partial charge < -0.3 is 24.4 Å². The molecule has 0 bridgehead atoms. The van der Waals surface area contributed by atoms with Crippen molar-refractivity contribution in [3.63, 3.8) is 0 Å². The number of anilines is 1. The lowest BCUT2D eigenvalue weighted by atomic mass is 9.90. The van der Waals surface area contributed by atoms with Crippen LogP contribution in [-0.2, 0) is 4.74 Å². The van der Waals surface area contributed by atoms with E-state index in [1.807, 2.05) is 12.3 Å². The van der Waals surface area contributed by atoms with E-state index in [9.17, 15) is 0 Å². The molecule has 7 heteroatoms. The lowest BCUT2D eigenvalue weighted by Crippen LogP contribution is -2.40. The van der Waals surface area contributed by atoms with Crippen molar-refractivity contribution >= 4 is 23.0 Å². The van der Waals surface area contributed by atoms with Gasteiger partial charge in [0, 0.05) is 48.1 Å². The first-order valence-electron chi connectivity index (χ1n) is 13.7. The maximum atomic E-state index is 5.99. The number of pyridine rings is 1. The van der Waals surface area contributed by atoms with Crippen LogP contribution >= 0.6 is 12.2 Å². The number of nitrogens with zero attached hydrogens (tertiary/aromatic N) is 4. The highest BCUT2D eigenvalue weighted by molar-refractivity contribution is 7.80. The number of nitrogens with one attached hydrogen (secondary N) is 1. The van der Waals surface area contributed by atoms with Crippen molar-refractivity contribution in [2.24, 2.45) is 0 Å². The fraction of sp³-hybridized carbons (Fsp3) is 0.467. The Bertz CT molecular complexity index is 1230. The van der Waals surface area contributed by atoms with Crippen LogP contribution in [-0.4, -0.2) is 51.9 Å². The number of hydrogen-bond donors (Lipinski definition) is 1. The van der Waals surface area contributed by atoms with Gasteiger partial charge in [0.15, 0.2) is 5.11 Å². The zero-order valence-corrected chi connectivity index (χ0v) is 22.7. The Kier molecular flexibility index (Phi) is 6.91. The summed E-state index contributed by atoms with van der Waals surface area (Å²) in [6.45, 7) is 7.97. The maximum absolute atomic E-state index is 5.99. The third kappa shape index (κ3) is 4.64. The molecule has 0 spiro atoms. The van der Waals surface area contributed by atoms with Gasteiger partial charge in [-0.1, -0.05) is 25.3 Å². The fourth-order valence-corrected chi connectivity index (χ4v) is 6.96. The van der Waals surface area contributed by atoms with Crippen LogP contribution in [0.4, 0.5) is 5.69 Å². The number of aromatic nitrogens is 2. The molecule has 4 heterocycles. The average molecular weight is 516 g/mol. The molecular formula is C30H37N5OS. The third-order valence-electron chi connectivity index (χ3n) is 8.38. The minimum absolute atomic E-state index is 0.0354. The van der Waals surface area contributed by atoms with E-state index >= 15 is 0 Å². The molecule has 37 heavy (non-hydrogen) atoms. The molecule has 1 saturated carbocycles. The summed E-state index contributed by atoms with van der Waals surface area (Å²) in [6.07, 6.45) is 8.18. The first-order valence-corrected chi connectivity index (χ1v) is 14.1. The molecule has 1 aliphatic carbocycles. The van der Waals surface area contributed by atoms with Crippen LogP contribution in [0.15, 0.2) is 54.7 Å². The first-order chi connectivity index (χ1) is 18.1. The Morgan fingerprint density at radius 3 is 2.38 bits per heavy atom. The van der Waals surface area contributed by atoms with Gasteiger partial charge in [0.05, 0.1) is 31.0 Å². The number of thiocarbonyl (C=S) groups is 1. The molecule has 6 nitrogen and oxygen atoms in total. The van der Waals surface area contributed by atoms with Gasteiger partial charge in [0.1, 0.15) is 0 Å². The van der Waals surface area contributed by atoms with Crippen LogP contribution in [0, 0.1) is 13.8 Å². The predicted octanol–water partition coefficient (Wildman–Crippen LogP) is 5.63. The lowest BCUT2D eigenvalue weighted by molar-refractivity contribution is 0.122. The van der Waals surface area contributed by atoms with E-state index in [-0.39, 0.29) is 12.1 Å². The van der Waals surface area contributed by atoms with Gasteiger partial charge in [-0.05, 0) is 86.9 Å². The van der Waals surface area contributed by atoms with Crippen molar-refractivity contribution in [1.29, 1.82) is 0 Å². The van der Waals surface area contributed by atoms with Crippen LogP contribution in [0.5, 0.6) is 0 Å². The Balaban J connectivity index is 1.37. The van der Waals surface area contributed by atoms with Crippen LogP contribution in [0.1, 0.15) is 66.8 Å². The molecule has 3 aromatic rings. The number of hydrogen-bond acceptors (Lipinski definition) is 4. The molecule has 1 aromatic carbocycles. The van der Waals surface area contributed by atoms with Crippen molar-refractivity contribution in [2.45, 2.75) is 64.1 Å². The summed E-state index contributed by atoms with van der Waals surface area (Å²) in [7, 11) is 0. The van der Waals surface area contributed by atoms with E-state index < -0.39 is 0 Å². The number of aryl methyl sites for hydroxylation is 1. The number of ether oxygens (including phenoxy) is 1. The molecule has 0 radical (unpaired) electrons. The van der Waals surface area contributed by atoms with Gasteiger partial charge in [0.25, 0.3) is 0 Å². The molecule has 1 N–H and O–H groups in total. The second-order valence-electron chi connectivity index (χ2n) is 10.6. The summed E-state index contributed by atoms with van der Waals surface area (Å²) in [5, 5.41) is 4.54. The molecule has 3 fully saturated rings. The fourth-order valence-electron chi connectivity index (χ4n) is 6.57. The van der Waals surface area contributed by atoms with Crippen LogP contribution < -0.4 is 10.2 Å². The minimum Gasteiger partial charge on any atom is -0.378 e. The number of benzene rings is 1. The van der Waals surface area contributed by atoms with Gasteiger partial charge in [-0.25, -0.2) is 0 Å². The molecular weight excluding hydrogens is 478 g/mol. The van der Waals surface area contributed by atoms with Crippen LogP contribution in [0.25, 0.3) is 5.69 Å². The summed E-state index contributed by atoms with van der Waals surface area (Å²) < 4.78 is 7.93. The summed E-state index contributed by atoms with van der Waals surface area (Å²) in [4.78, 5) is 9.67. The van der Waals surface area contributed by atoms with E-state index in [1.165, 1.54) is 60.4 Å². The standard InChI is InChI=1S/C30H37N5OS/c1-21-20-26(22(2)34(21)25-13-11-23(12-14-25)33-16-18-36-19-17-33)29-28(27-10-6-7-15-31-27)32-30(37)35(29)24-8-4-3-5-9-24/h6-7,10-15,20,24,28-29H,3-5,8-9,16-19H2,1-2H3,(H,32,37)/t28-,29+/m1/s1. The molecule has 3 aliphatic rings. The highest BCUT2D eigenvalue weighted by Gasteiger charge is 2.44. The molecule has 0 amide bonds. The van der Waals surface area contributed by atoms with E-state index in [4.69, 9.17) is 21.9 Å². The highest BCUT2D eigenvalue weighted by Crippen LogP contribution is 2.44. The molecule has 194 valence electrons. The Hall–Kier alpha value is -2.90. The molecule has 2 saturated heterocycles. The quantitative estimate of drug-likeness (QED) is 0.445. The zero-order chi connectivity index (χ0) is 25.4. The molecule has 6 rings (SSSR count). The van der Waals surface area contributed by atoms with Crippen molar-refractivity contribution in [3.05, 3.63) is 77.4 Å². The van der Waals surface area contributed by atoms with Gasteiger partial charge in [-0.3, -0.25) is 4.98 Å². The predicted molar refractivity (Wildman–Crippen MR) is 152 cm³/mol. The summed E-state index contributed by atoms with van der Waals surface area (Å²) in [5.41, 5.74) is 7.36. The van der Waals surface area contributed by atoms with Gasteiger partial charge in [-0.15, -0.1) is 0 Å². The van der Waals surface area contributed by atoms with E-state index in [2.05, 4.69) is 76.0 Å². The zero-order valence-electron chi connectivity index (χ0n) is 21.9. The second kappa shape index (κ2) is 10.5. The largest absolute Gasteiger partial charge is 0.378 e. The van der Waals surface area contributed by atoms with E-state index in [0.717, 1.165) is 37.1 Å². The molecule has 0 unspecified atom stereocenters. The highest BCUT2D eigenvalue weighted by atomic mass is 32.1. The Labute approximate surface area is 225 Å². The van der Waals surface area contributed by atoms with Crippen molar-refractivity contribution in [3.8, 4) is 5.69 Å². The smallest absolute Gasteiger partial charge is 0.170 e. The van der Waals surface area contributed by atoms with Crippen LogP contribution in [0.2, 0.25) is 0 Å². The van der Waals surface area contributed by atoms with Crippen molar-refractivity contribution in [1.82, 2.24) is 19.8 Å². The molecule has 2 aliphatic heterocycles. The van der Waals surface area contributed by atoms with Gasteiger partial charge in [0.2, 0.25) is 0 Å². The molecule has 2 atom stereocenters. The maximum Gasteiger partial charge on any atom is 0.170 e. The summed E-state index contributed by atoms with van der Waals surface area (Å²) in [6, 6.07) is 18.2. The Morgan fingerprint density at radius 2 is 1.68 bits per heavy atom. The third-order valence-corrected chi connectivity index (χ3v) is 8.71. The monoisotopic (exact) mass is 515 g/mol. The molecule has 2 aromatic heterocycles. The second-order valence-corrected chi connectivity index (χ2v) is 11.0. The van der Waals surface area contributed by atoms with E-state index in [1.54, 1.807) is 0 Å². The minimum atomic E-state index is 0.0354. The first kappa shape index (κ1) is 24.4. The van der Waals surface area contributed by atoms with Crippen molar-refractivity contribution < 1.29 is 4.74 Å². The lowest BCUT2D eigenvalue weighted by Gasteiger charge is -2.37. The van der Waals surface area contributed by atoms with Gasteiger partial charge in [-0.2, -0.15) is 0 Å². The average Bonchev–Trinajstić information content (AvgIpc) is 3.45. The topological polar surface area (TPSA) is 45.6 Å². The summed E-state index contributed by atoms with van der Waals surface area (Å²) >= 11 is 5.99. The normalized spacial score (nSPS) is 22.9. The van der Waals surface area contributed by atoms with E-state index in [0.29, 0.717) is 6.04 Å².